The van der Waals surface area contributed by atoms with Gasteiger partial charge in [-0.15, -0.1) is 0 Å². The molecular weight excluding hydrogens is 328 g/mol. The summed E-state index contributed by atoms with van der Waals surface area (Å²) in [6, 6.07) is 5.99. The van der Waals surface area contributed by atoms with Crippen LogP contribution in [0.3, 0.4) is 0 Å². The number of hydrogen-bond acceptors (Lipinski definition) is 6. The normalized spacial score (nSPS) is 17.3. The van der Waals surface area contributed by atoms with Gasteiger partial charge in [0.15, 0.2) is 0 Å². The average molecular weight is 350 g/mol. The van der Waals surface area contributed by atoms with Crippen LogP contribution < -0.4 is 9.64 Å². The maximum absolute atomic E-state index is 5.23. The van der Waals surface area contributed by atoms with Gasteiger partial charge < -0.3 is 14.2 Å². The smallest absolute Gasteiger partial charge is 0.218 e. The van der Waals surface area contributed by atoms with Crippen molar-refractivity contribution >= 4 is 5.82 Å². The summed E-state index contributed by atoms with van der Waals surface area (Å²) in [5.41, 5.74) is 1.23. The maximum Gasteiger partial charge on any atom is 0.218 e. The molecule has 1 saturated heterocycles. The van der Waals surface area contributed by atoms with Crippen LogP contribution in [0.4, 0.5) is 5.82 Å². The molecule has 3 aromatic rings. The molecule has 1 aliphatic rings. The van der Waals surface area contributed by atoms with Gasteiger partial charge in [0, 0.05) is 56.4 Å². The van der Waals surface area contributed by atoms with Gasteiger partial charge in [-0.25, -0.2) is 15.0 Å². The average Bonchev–Trinajstić information content (AvgIpc) is 3.17. The fourth-order valence-electron chi connectivity index (χ4n) is 3.51. The van der Waals surface area contributed by atoms with Crippen LogP contribution in [-0.4, -0.2) is 44.7 Å². The number of rotatable bonds is 5. The molecule has 0 spiro atoms. The van der Waals surface area contributed by atoms with Crippen molar-refractivity contribution in [1.82, 2.24) is 24.5 Å². The van der Waals surface area contributed by atoms with Crippen LogP contribution in [-0.2, 0) is 6.54 Å². The molecule has 0 aromatic carbocycles. The Kier molecular flexibility index (Phi) is 4.77. The molecule has 1 atom stereocenters. The molecule has 1 aliphatic heterocycles. The largest absolute Gasteiger partial charge is 0.481 e. The van der Waals surface area contributed by atoms with Crippen LogP contribution in [0, 0.1) is 0 Å². The standard InChI is InChI=1S/C19H22N6O/c1-26-18-11-17(22-14-23-18)24-9-2-3-16(13-24)19-21-8-10-25(19)12-15-4-6-20-7-5-15/h4-8,10-11,14,16H,2-3,9,12-13H2,1H3. The molecule has 134 valence electrons. The molecule has 0 aliphatic carbocycles. The van der Waals surface area contributed by atoms with Gasteiger partial charge in [-0.05, 0) is 30.5 Å². The highest BCUT2D eigenvalue weighted by Crippen LogP contribution is 2.29. The summed E-state index contributed by atoms with van der Waals surface area (Å²) in [6.45, 7) is 2.70. The van der Waals surface area contributed by atoms with E-state index < -0.39 is 0 Å². The van der Waals surface area contributed by atoms with Crippen molar-refractivity contribution < 1.29 is 4.74 Å². The second kappa shape index (κ2) is 7.51. The third kappa shape index (κ3) is 3.51. The summed E-state index contributed by atoms with van der Waals surface area (Å²) in [4.78, 5) is 19.6. The SMILES string of the molecule is COc1cc(N2CCCC(c3nccn3Cc3ccncc3)C2)ncn1. The molecule has 7 heteroatoms. The monoisotopic (exact) mass is 350 g/mol. The zero-order valence-electron chi connectivity index (χ0n) is 14.8. The van der Waals surface area contributed by atoms with E-state index in [2.05, 4.69) is 35.6 Å². The molecule has 0 saturated carbocycles. The first-order valence-electron chi connectivity index (χ1n) is 8.84. The Hall–Kier alpha value is -2.96. The first-order chi connectivity index (χ1) is 12.8. The number of pyridine rings is 1. The van der Waals surface area contributed by atoms with Crippen molar-refractivity contribution in [2.45, 2.75) is 25.3 Å². The number of anilines is 1. The van der Waals surface area contributed by atoms with Gasteiger partial charge in [0.1, 0.15) is 18.0 Å². The Morgan fingerprint density at radius 3 is 2.88 bits per heavy atom. The minimum Gasteiger partial charge on any atom is -0.481 e. The van der Waals surface area contributed by atoms with Crippen LogP contribution in [0.15, 0.2) is 49.3 Å². The molecule has 4 heterocycles. The van der Waals surface area contributed by atoms with E-state index in [0.29, 0.717) is 11.8 Å². The maximum atomic E-state index is 5.23. The van der Waals surface area contributed by atoms with Gasteiger partial charge in [0.05, 0.1) is 7.11 Å². The van der Waals surface area contributed by atoms with E-state index in [9.17, 15) is 0 Å². The predicted molar refractivity (Wildman–Crippen MR) is 98.3 cm³/mol. The Labute approximate surface area is 152 Å². The number of aromatic nitrogens is 5. The Morgan fingerprint density at radius 2 is 2.04 bits per heavy atom. The highest BCUT2D eigenvalue weighted by atomic mass is 16.5. The first kappa shape index (κ1) is 16.5. The molecule has 4 rings (SSSR count). The minimum absolute atomic E-state index is 0.376. The number of ether oxygens (including phenoxy) is 1. The second-order valence-electron chi connectivity index (χ2n) is 6.47. The lowest BCUT2D eigenvalue weighted by Crippen LogP contribution is -2.36. The summed E-state index contributed by atoms with van der Waals surface area (Å²) in [5.74, 6) is 3.01. The minimum atomic E-state index is 0.376. The highest BCUT2D eigenvalue weighted by Gasteiger charge is 2.25. The molecule has 1 fully saturated rings. The van der Waals surface area contributed by atoms with Gasteiger partial charge in [-0.3, -0.25) is 4.98 Å². The molecule has 0 N–H and O–H groups in total. The number of hydrogen-bond donors (Lipinski definition) is 0. The zero-order valence-corrected chi connectivity index (χ0v) is 14.8. The Morgan fingerprint density at radius 1 is 1.15 bits per heavy atom. The molecule has 0 bridgehead atoms. The lowest BCUT2D eigenvalue weighted by Gasteiger charge is -2.33. The topological polar surface area (TPSA) is 69.0 Å². The number of methoxy groups -OCH3 is 1. The summed E-state index contributed by atoms with van der Waals surface area (Å²) in [5, 5.41) is 0. The van der Waals surface area contributed by atoms with Crippen LogP contribution in [0.2, 0.25) is 0 Å². The molecule has 1 unspecified atom stereocenters. The van der Waals surface area contributed by atoms with Crippen LogP contribution in [0.5, 0.6) is 5.88 Å². The van der Waals surface area contributed by atoms with E-state index >= 15 is 0 Å². The molecule has 0 amide bonds. The zero-order chi connectivity index (χ0) is 17.8. The summed E-state index contributed by atoms with van der Waals surface area (Å²) >= 11 is 0. The summed E-state index contributed by atoms with van der Waals surface area (Å²) < 4.78 is 7.47. The molecule has 26 heavy (non-hydrogen) atoms. The fourth-order valence-corrected chi connectivity index (χ4v) is 3.51. The van der Waals surface area contributed by atoms with Crippen molar-refractivity contribution in [3.63, 3.8) is 0 Å². The van der Waals surface area contributed by atoms with E-state index in [4.69, 9.17) is 4.74 Å². The fraction of sp³-hybridized carbons (Fsp3) is 0.368. The van der Waals surface area contributed by atoms with Gasteiger partial charge in [0.25, 0.3) is 0 Å². The van der Waals surface area contributed by atoms with Crippen molar-refractivity contribution in [2.75, 3.05) is 25.1 Å². The van der Waals surface area contributed by atoms with Crippen molar-refractivity contribution in [1.29, 1.82) is 0 Å². The second-order valence-corrected chi connectivity index (χ2v) is 6.47. The Bertz CT molecular complexity index is 850. The van der Waals surface area contributed by atoms with Gasteiger partial charge >= 0.3 is 0 Å². The number of imidazole rings is 1. The Balaban J connectivity index is 1.52. The quantitative estimate of drug-likeness (QED) is 0.704. The number of nitrogens with zero attached hydrogens (tertiary/aromatic N) is 6. The van der Waals surface area contributed by atoms with Gasteiger partial charge in [-0.1, -0.05) is 0 Å². The van der Waals surface area contributed by atoms with Gasteiger partial charge in [0.2, 0.25) is 5.88 Å². The van der Waals surface area contributed by atoms with Crippen molar-refractivity contribution in [3.8, 4) is 5.88 Å². The van der Waals surface area contributed by atoms with E-state index in [1.807, 2.05) is 36.8 Å². The molecular formula is C19H22N6O. The molecule has 3 aromatic heterocycles. The van der Waals surface area contributed by atoms with E-state index in [-0.39, 0.29) is 0 Å². The summed E-state index contributed by atoms with van der Waals surface area (Å²) in [6.07, 6.45) is 11.4. The van der Waals surface area contributed by atoms with Gasteiger partial charge in [-0.2, -0.15) is 0 Å². The third-order valence-corrected chi connectivity index (χ3v) is 4.80. The van der Waals surface area contributed by atoms with Crippen molar-refractivity contribution in [3.05, 3.63) is 60.7 Å². The lowest BCUT2D eigenvalue weighted by molar-refractivity contribution is 0.396. The molecule has 7 nitrogen and oxygen atoms in total. The highest BCUT2D eigenvalue weighted by molar-refractivity contribution is 5.42. The first-order valence-corrected chi connectivity index (χ1v) is 8.84. The van der Waals surface area contributed by atoms with E-state index in [1.165, 1.54) is 5.56 Å². The summed E-state index contributed by atoms with van der Waals surface area (Å²) in [7, 11) is 1.63. The predicted octanol–water partition coefficient (Wildman–Crippen LogP) is 2.51. The third-order valence-electron chi connectivity index (χ3n) is 4.80. The van der Waals surface area contributed by atoms with Crippen LogP contribution in [0.1, 0.15) is 30.1 Å². The van der Waals surface area contributed by atoms with E-state index in [0.717, 1.165) is 44.1 Å². The van der Waals surface area contributed by atoms with E-state index in [1.54, 1.807) is 13.4 Å². The van der Waals surface area contributed by atoms with Crippen molar-refractivity contribution in [2.24, 2.45) is 0 Å². The number of piperidine rings is 1. The lowest BCUT2D eigenvalue weighted by atomic mass is 9.97. The molecule has 0 radical (unpaired) electrons. The van der Waals surface area contributed by atoms with Crippen LogP contribution >= 0.6 is 0 Å². The van der Waals surface area contributed by atoms with Crippen LogP contribution in [0.25, 0.3) is 0 Å².